The molecule has 0 atom stereocenters. The van der Waals surface area contributed by atoms with Crippen LogP contribution in [-0.2, 0) is 22.4 Å². The van der Waals surface area contributed by atoms with Gasteiger partial charge in [0.1, 0.15) is 0 Å². The number of hydrogen-bond donors (Lipinski definition) is 1. The SMILES string of the molecule is C[CH-]N.[Ag+]. The minimum atomic E-state index is 0. The van der Waals surface area contributed by atoms with E-state index < -0.39 is 0 Å². The van der Waals surface area contributed by atoms with Crippen molar-refractivity contribution in [2.24, 2.45) is 5.73 Å². The molecule has 0 bridgehead atoms. The van der Waals surface area contributed by atoms with Crippen molar-refractivity contribution in [3.8, 4) is 0 Å². The second kappa shape index (κ2) is 9.33. The molecule has 2 N–H and O–H groups in total. The summed E-state index contributed by atoms with van der Waals surface area (Å²) in [5, 5.41) is 0. The number of hydrogen-bond acceptors (Lipinski definition) is 1. The maximum absolute atomic E-state index is 4.72. The topological polar surface area (TPSA) is 26.0 Å². The van der Waals surface area contributed by atoms with Crippen molar-refractivity contribution in [1.82, 2.24) is 0 Å². The molecule has 0 unspecified atom stereocenters. The summed E-state index contributed by atoms with van der Waals surface area (Å²) in [4.78, 5) is 0. The van der Waals surface area contributed by atoms with Crippen molar-refractivity contribution in [2.45, 2.75) is 6.92 Å². The summed E-state index contributed by atoms with van der Waals surface area (Å²) in [6.45, 7) is 3.28. The number of rotatable bonds is 0. The molecule has 1 nitrogen and oxygen atoms in total. The predicted molar refractivity (Wildman–Crippen MR) is 14.2 cm³/mol. The third-order valence-corrected chi connectivity index (χ3v) is 0. The molecule has 2 heteroatoms. The first-order valence-corrected chi connectivity index (χ1v) is 0.911. The van der Waals surface area contributed by atoms with E-state index in [1.165, 1.54) is 6.54 Å². The summed E-state index contributed by atoms with van der Waals surface area (Å²) >= 11 is 0. The van der Waals surface area contributed by atoms with Gasteiger partial charge in [-0.05, 0) is 0 Å². The van der Waals surface area contributed by atoms with E-state index in [1.807, 2.05) is 0 Å². The van der Waals surface area contributed by atoms with Crippen molar-refractivity contribution >= 4 is 0 Å². The van der Waals surface area contributed by atoms with Crippen LogP contribution in [0, 0.1) is 6.54 Å². The zero-order chi connectivity index (χ0) is 2.71. The van der Waals surface area contributed by atoms with Crippen LogP contribution in [0.2, 0.25) is 0 Å². The van der Waals surface area contributed by atoms with Crippen molar-refractivity contribution < 1.29 is 22.4 Å². The molecule has 0 saturated heterocycles. The molecule has 0 aromatic heterocycles. The van der Waals surface area contributed by atoms with Gasteiger partial charge in [-0.2, -0.15) is 6.92 Å². The summed E-state index contributed by atoms with van der Waals surface area (Å²) in [7, 11) is 0. The van der Waals surface area contributed by atoms with Gasteiger partial charge in [0.25, 0.3) is 0 Å². The predicted octanol–water partition coefficient (Wildman–Crippen LogP) is 0.124. The van der Waals surface area contributed by atoms with E-state index in [1.54, 1.807) is 6.92 Å². The molecule has 0 amide bonds. The smallest absolute Gasteiger partial charge is 0.484 e. The van der Waals surface area contributed by atoms with Gasteiger partial charge in [-0.3, -0.25) is 6.54 Å². The van der Waals surface area contributed by atoms with Crippen LogP contribution in [0.1, 0.15) is 6.92 Å². The maximum Gasteiger partial charge on any atom is 1.00 e. The largest absolute Gasteiger partial charge is 1.00 e. The zero-order valence-electron chi connectivity index (χ0n) is 2.46. The Morgan fingerprint density at radius 1 is 1.75 bits per heavy atom. The molecule has 0 radical (unpaired) electrons. The Hall–Kier alpha value is 0.700. The Labute approximate surface area is 42.1 Å². The van der Waals surface area contributed by atoms with Gasteiger partial charge in [-0.15, -0.1) is 0 Å². The van der Waals surface area contributed by atoms with Crippen LogP contribution in [0.3, 0.4) is 0 Å². The Morgan fingerprint density at radius 2 is 1.75 bits per heavy atom. The van der Waals surface area contributed by atoms with Gasteiger partial charge in [0.15, 0.2) is 0 Å². The van der Waals surface area contributed by atoms with Gasteiger partial charge in [-0.1, -0.05) is 0 Å². The molecule has 0 aromatic rings. The Morgan fingerprint density at radius 3 is 1.75 bits per heavy atom. The fraction of sp³-hybridized carbons (Fsp3) is 0.500. The van der Waals surface area contributed by atoms with Crippen LogP contribution >= 0.6 is 0 Å². The molecule has 30 valence electrons. The fourth-order valence-corrected chi connectivity index (χ4v) is 0. The Bertz CT molecular complexity index is 6.00. The van der Waals surface area contributed by atoms with Crippen molar-refractivity contribution in [2.75, 3.05) is 0 Å². The molecule has 0 heterocycles. The molecule has 4 heavy (non-hydrogen) atoms. The summed E-state index contributed by atoms with van der Waals surface area (Å²) in [6.07, 6.45) is 0. The van der Waals surface area contributed by atoms with Gasteiger partial charge >= 0.3 is 22.4 Å². The van der Waals surface area contributed by atoms with E-state index in [0.717, 1.165) is 0 Å². The number of nitrogens with two attached hydrogens (primary N) is 1. The molecule has 0 saturated carbocycles. The van der Waals surface area contributed by atoms with E-state index in [2.05, 4.69) is 0 Å². The summed E-state index contributed by atoms with van der Waals surface area (Å²) in [6, 6.07) is 0. The second-order valence-electron chi connectivity index (χ2n) is 0.333. The molecule has 0 aliphatic rings. The third-order valence-electron chi connectivity index (χ3n) is 0. The second-order valence-corrected chi connectivity index (χ2v) is 0.333. The fourth-order valence-electron chi connectivity index (χ4n) is 0. The first-order valence-electron chi connectivity index (χ1n) is 0.911. The summed E-state index contributed by atoms with van der Waals surface area (Å²) < 4.78 is 0. The molecule has 0 aliphatic heterocycles. The first-order chi connectivity index (χ1) is 1.41. The van der Waals surface area contributed by atoms with Crippen LogP contribution in [0.5, 0.6) is 0 Å². The molecular weight excluding hydrogens is 146 g/mol. The normalized spacial score (nSPS) is 4.50. The average molecular weight is 152 g/mol. The third kappa shape index (κ3) is 15.9. The minimum Gasteiger partial charge on any atom is -0.484 e. The van der Waals surface area contributed by atoms with Crippen LogP contribution in [0.25, 0.3) is 0 Å². The quantitative estimate of drug-likeness (QED) is 0.387. The summed E-state index contributed by atoms with van der Waals surface area (Å²) in [5.41, 5.74) is 4.72. The minimum absolute atomic E-state index is 0. The van der Waals surface area contributed by atoms with Crippen molar-refractivity contribution in [3.63, 3.8) is 0 Å². The maximum atomic E-state index is 4.72. The van der Waals surface area contributed by atoms with E-state index in [0.29, 0.717) is 0 Å². The molecular formula is C2H6AgN. The van der Waals surface area contributed by atoms with E-state index in [-0.39, 0.29) is 22.4 Å². The molecule has 0 fully saturated rings. The summed E-state index contributed by atoms with van der Waals surface area (Å²) in [5.74, 6) is 0. The Kier molecular flexibility index (Phi) is 20.6. The average Bonchev–Trinajstić information content (AvgIpc) is 0.918. The molecule has 0 spiro atoms. The van der Waals surface area contributed by atoms with Gasteiger partial charge in [0.05, 0.1) is 0 Å². The zero-order valence-corrected chi connectivity index (χ0v) is 3.94. The monoisotopic (exact) mass is 151 g/mol. The Balaban J connectivity index is 0. The van der Waals surface area contributed by atoms with Crippen LogP contribution in [-0.4, -0.2) is 0 Å². The van der Waals surface area contributed by atoms with Gasteiger partial charge in [0.2, 0.25) is 0 Å². The van der Waals surface area contributed by atoms with E-state index in [9.17, 15) is 0 Å². The molecule has 0 rings (SSSR count). The van der Waals surface area contributed by atoms with E-state index in [4.69, 9.17) is 5.73 Å². The van der Waals surface area contributed by atoms with Crippen molar-refractivity contribution in [1.29, 1.82) is 0 Å². The van der Waals surface area contributed by atoms with Gasteiger partial charge in [0, 0.05) is 0 Å². The van der Waals surface area contributed by atoms with Crippen molar-refractivity contribution in [3.05, 3.63) is 6.54 Å². The van der Waals surface area contributed by atoms with Crippen LogP contribution in [0.15, 0.2) is 0 Å². The standard InChI is InChI=1S/C2H6N.Ag/c1-2-3;/h2H,3H2,1H3;/q-1;+1. The molecule has 0 aliphatic carbocycles. The molecule has 0 aromatic carbocycles. The van der Waals surface area contributed by atoms with Crippen LogP contribution < -0.4 is 5.73 Å². The van der Waals surface area contributed by atoms with E-state index >= 15 is 0 Å². The van der Waals surface area contributed by atoms with Gasteiger partial charge in [-0.25, -0.2) is 0 Å². The van der Waals surface area contributed by atoms with Crippen LogP contribution in [0.4, 0.5) is 0 Å². The first kappa shape index (κ1) is 8.83. The van der Waals surface area contributed by atoms with Gasteiger partial charge < -0.3 is 5.73 Å².